The smallest absolute Gasteiger partial charge is 0.192 e. The molecule has 124 valence electrons. The van der Waals surface area contributed by atoms with E-state index in [1.54, 1.807) is 6.92 Å². The maximum atomic E-state index is 10.0. The molecule has 2 heterocycles. The van der Waals surface area contributed by atoms with E-state index >= 15 is 0 Å². The van der Waals surface area contributed by atoms with E-state index < -0.39 is 32.6 Å². The minimum atomic E-state index is -1.99. The van der Waals surface area contributed by atoms with Gasteiger partial charge in [0.2, 0.25) is 0 Å². The second kappa shape index (κ2) is 5.28. The van der Waals surface area contributed by atoms with Gasteiger partial charge >= 0.3 is 0 Å². The number of rotatable bonds is 3. The fourth-order valence-corrected chi connectivity index (χ4v) is 3.85. The lowest BCUT2D eigenvalue weighted by Crippen LogP contribution is -2.51. The lowest BCUT2D eigenvalue weighted by Gasteiger charge is -2.40. The zero-order valence-corrected chi connectivity index (χ0v) is 15.5. The minimum absolute atomic E-state index is 0.0866. The van der Waals surface area contributed by atoms with E-state index in [0.29, 0.717) is 0 Å². The number of ether oxygens (including phenoxy) is 3. The van der Waals surface area contributed by atoms with E-state index in [0.717, 1.165) is 0 Å². The zero-order valence-electron chi connectivity index (χ0n) is 14.5. The van der Waals surface area contributed by atoms with Gasteiger partial charge in [0.25, 0.3) is 0 Å². The van der Waals surface area contributed by atoms with Crippen LogP contribution >= 0.6 is 0 Å². The molecule has 0 saturated carbocycles. The van der Waals surface area contributed by atoms with E-state index in [9.17, 15) is 5.11 Å². The normalized spacial score (nSPS) is 37.6. The number of hydrogen-bond donors (Lipinski definition) is 1. The lowest BCUT2D eigenvalue weighted by molar-refractivity contribution is -0.223. The van der Waals surface area contributed by atoms with Crippen LogP contribution in [0.3, 0.4) is 0 Å². The van der Waals surface area contributed by atoms with E-state index in [-0.39, 0.29) is 17.2 Å². The van der Waals surface area contributed by atoms with Crippen molar-refractivity contribution in [2.75, 3.05) is 0 Å². The third kappa shape index (κ3) is 3.35. The van der Waals surface area contributed by atoms with E-state index in [1.165, 1.54) is 0 Å². The van der Waals surface area contributed by atoms with Crippen LogP contribution in [0.15, 0.2) is 0 Å². The maximum absolute atomic E-state index is 10.0. The Labute approximate surface area is 129 Å². The highest BCUT2D eigenvalue weighted by Gasteiger charge is 2.58. The molecule has 0 aromatic carbocycles. The first-order chi connectivity index (χ1) is 9.34. The third-order valence-corrected chi connectivity index (χ3v) is 9.21. The Morgan fingerprint density at radius 1 is 1.19 bits per heavy atom. The van der Waals surface area contributed by atoms with Crippen LogP contribution in [0.4, 0.5) is 0 Å². The quantitative estimate of drug-likeness (QED) is 0.811. The Morgan fingerprint density at radius 3 is 2.24 bits per heavy atom. The predicted molar refractivity (Wildman–Crippen MR) is 82.4 cm³/mol. The standard InChI is InChI=1S/C15H30O5Si/c1-9(16)10-11(20-21(7,8)14(2,3)4)12-13(17-10)19-15(5,6)18-12/h9-13,16H,1-8H3/t9-,10-,11+,12-,13-/m0/s1. The molecule has 2 aliphatic rings. The molecule has 0 aromatic rings. The van der Waals surface area contributed by atoms with Crippen molar-refractivity contribution < 1.29 is 23.7 Å². The molecule has 0 unspecified atom stereocenters. The fraction of sp³-hybridized carbons (Fsp3) is 1.00. The SMILES string of the molecule is C[C@H](O)[C@@H]1O[C@H]2OC(C)(C)O[C@H]2[C@@H]1O[Si](C)(C)C(C)(C)C. The summed E-state index contributed by atoms with van der Waals surface area (Å²) in [6.07, 6.45) is -2.08. The van der Waals surface area contributed by atoms with Crippen molar-refractivity contribution >= 4 is 8.32 Å². The summed E-state index contributed by atoms with van der Waals surface area (Å²) in [5.74, 6) is -0.673. The largest absolute Gasteiger partial charge is 0.408 e. The van der Waals surface area contributed by atoms with Gasteiger partial charge < -0.3 is 23.7 Å². The van der Waals surface area contributed by atoms with Gasteiger partial charge in [-0.25, -0.2) is 0 Å². The molecule has 0 amide bonds. The van der Waals surface area contributed by atoms with Crippen LogP contribution in [-0.4, -0.2) is 49.9 Å². The third-order valence-electron chi connectivity index (χ3n) is 4.74. The second-order valence-electron chi connectivity index (χ2n) is 8.15. The lowest BCUT2D eigenvalue weighted by atomic mass is 10.1. The Hall–Kier alpha value is 0.0169. The molecule has 0 aliphatic carbocycles. The molecule has 1 N–H and O–H groups in total. The molecule has 2 rings (SSSR count). The van der Waals surface area contributed by atoms with E-state index in [1.807, 2.05) is 13.8 Å². The zero-order chi connectivity index (χ0) is 16.2. The molecule has 0 aromatic heterocycles. The highest BCUT2D eigenvalue weighted by molar-refractivity contribution is 6.74. The Kier molecular flexibility index (Phi) is 4.37. The monoisotopic (exact) mass is 318 g/mol. The van der Waals surface area contributed by atoms with Gasteiger partial charge in [-0.05, 0) is 38.9 Å². The molecular formula is C15H30O5Si. The van der Waals surface area contributed by atoms with E-state index in [2.05, 4.69) is 33.9 Å². The molecule has 0 bridgehead atoms. The molecule has 2 saturated heterocycles. The molecule has 2 aliphatic heterocycles. The summed E-state index contributed by atoms with van der Waals surface area (Å²) in [7, 11) is -1.99. The van der Waals surface area contributed by atoms with Crippen molar-refractivity contribution in [1.29, 1.82) is 0 Å². The van der Waals surface area contributed by atoms with Crippen molar-refractivity contribution in [3.05, 3.63) is 0 Å². The van der Waals surface area contributed by atoms with Gasteiger partial charge in [0.05, 0.1) is 6.10 Å². The first-order valence-corrected chi connectivity index (χ1v) is 10.6. The maximum Gasteiger partial charge on any atom is 0.192 e. The van der Waals surface area contributed by atoms with Crippen LogP contribution in [0.5, 0.6) is 0 Å². The average Bonchev–Trinajstić information content (AvgIpc) is 2.70. The van der Waals surface area contributed by atoms with Crippen molar-refractivity contribution in [3.63, 3.8) is 0 Å². The van der Waals surface area contributed by atoms with Crippen LogP contribution in [-0.2, 0) is 18.6 Å². The number of hydrogen-bond acceptors (Lipinski definition) is 5. The highest BCUT2D eigenvalue weighted by Crippen LogP contribution is 2.44. The van der Waals surface area contributed by atoms with Crippen LogP contribution in [0.25, 0.3) is 0 Å². The summed E-state index contributed by atoms with van der Waals surface area (Å²) in [6, 6.07) is 0. The number of aliphatic hydroxyl groups is 1. The number of fused-ring (bicyclic) bond motifs is 1. The Bertz CT molecular complexity index is 388. The second-order valence-corrected chi connectivity index (χ2v) is 12.9. The molecular weight excluding hydrogens is 288 g/mol. The van der Waals surface area contributed by atoms with Crippen LogP contribution in [0.2, 0.25) is 18.1 Å². The molecule has 2 fully saturated rings. The van der Waals surface area contributed by atoms with Gasteiger partial charge in [-0.1, -0.05) is 20.8 Å². The molecule has 0 radical (unpaired) electrons. The molecule has 5 nitrogen and oxygen atoms in total. The van der Waals surface area contributed by atoms with Crippen LogP contribution < -0.4 is 0 Å². The topological polar surface area (TPSA) is 57.2 Å². The molecule has 5 atom stereocenters. The van der Waals surface area contributed by atoms with Gasteiger partial charge in [0, 0.05) is 0 Å². The number of aliphatic hydroxyl groups excluding tert-OH is 1. The van der Waals surface area contributed by atoms with Gasteiger partial charge in [0.15, 0.2) is 20.4 Å². The summed E-state index contributed by atoms with van der Waals surface area (Å²) < 4.78 is 24.1. The molecule has 6 heteroatoms. The van der Waals surface area contributed by atoms with Crippen molar-refractivity contribution in [2.24, 2.45) is 0 Å². The van der Waals surface area contributed by atoms with Crippen molar-refractivity contribution in [2.45, 2.75) is 96.2 Å². The summed E-state index contributed by atoms with van der Waals surface area (Å²) in [4.78, 5) is 0. The highest BCUT2D eigenvalue weighted by atomic mass is 28.4. The molecule has 0 spiro atoms. The van der Waals surface area contributed by atoms with Gasteiger partial charge in [-0.15, -0.1) is 0 Å². The minimum Gasteiger partial charge on any atom is -0.408 e. The fourth-order valence-electron chi connectivity index (χ4n) is 2.54. The summed E-state index contributed by atoms with van der Waals surface area (Å²) in [5.41, 5.74) is 0. The van der Waals surface area contributed by atoms with E-state index in [4.69, 9.17) is 18.6 Å². The van der Waals surface area contributed by atoms with Crippen LogP contribution in [0, 0.1) is 0 Å². The van der Waals surface area contributed by atoms with Gasteiger partial charge in [-0.3, -0.25) is 0 Å². The Balaban J connectivity index is 2.21. The van der Waals surface area contributed by atoms with Crippen LogP contribution in [0.1, 0.15) is 41.5 Å². The summed E-state index contributed by atoms with van der Waals surface area (Å²) in [5, 5.41) is 10.1. The van der Waals surface area contributed by atoms with Gasteiger partial charge in [-0.2, -0.15) is 0 Å². The first kappa shape index (κ1) is 17.4. The van der Waals surface area contributed by atoms with Crippen molar-refractivity contribution in [1.82, 2.24) is 0 Å². The van der Waals surface area contributed by atoms with Crippen molar-refractivity contribution in [3.8, 4) is 0 Å². The predicted octanol–water partition coefficient (Wildman–Crippen LogP) is 2.63. The average molecular weight is 318 g/mol. The summed E-state index contributed by atoms with van der Waals surface area (Å²) in [6.45, 7) is 16.4. The first-order valence-electron chi connectivity index (χ1n) is 7.71. The molecule has 21 heavy (non-hydrogen) atoms. The summed E-state index contributed by atoms with van der Waals surface area (Å²) >= 11 is 0. The van der Waals surface area contributed by atoms with Gasteiger partial charge in [0.1, 0.15) is 18.3 Å². The Morgan fingerprint density at radius 2 is 1.76 bits per heavy atom.